The Labute approximate surface area is 175 Å². The van der Waals surface area contributed by atoms with Gasteiger partial charge < -0.3 is 14.7 Å². The van der Waals surface area contributed by atoms with Crippen molar-refractivity contribution < 1.29 is 14.1 Å². The quantitative estimate of drug-likeness (QED) is 0.698. The predicted octanol–water partition coefficient (Wildman–Crippen LogP) is 3.85. The number of hydrogen-bond donors (Lipinski definition) is 1. The minimum absolute atomic E-state index is 0.145. The van der Waals surface area contributed by atoms with E-state index in [4.69, 9.17) is 4.52 Å². The number of rotatable bonds is 5. The SMILES string of the molecule is CCc1cccc(NC(=O)C2CCCN2C(=O)c2ccc(-c3noc(C)n3)cc2)c1. The highest BCUT2D eigenvalue weighted by atomic mass is 16.5. The Morgan fingerprint density at radius 3 is 2.70 bits per heavy atom. The van der Waals surface area contributed by atoms with Crippen molar-refractivity contribution >= 4 is 17.5 Å². The minimum Gasteiger partial charge on any atom is -0.339 e. The number of nitrogens with one attached hydrogen (secondary N) is 1. The molecule has 1 atom stereocenters. The second-order valence-corrected chi connectivity index (χ2v) is 7.41. The molecule has 3 aromatic rings. The highest BCUT2D eigenvalue weighted by Crippen LogP contribution is 2.23. The van der Waals surface area contributed by atoms with Crippen molar-refractivity contribution in [2.75, 3.05) is 11.9 Å². The molecule has 2 heterocycles. The van der Waals surface area contributed by atoms with Crippen molar-refractivity contribution in [3.63, 3.8) is 0 Å². The summed E-state index contributed by atoms with van der Waals surface area (Å²) in [5.74, 6) is 0.679. The van der Waals surface area contributed by atoms with Gasteiger partial charge in [0.25, 0.3) is 5.91 Å². The largest absolute Gasteiger partial charge is 0.339 e. The highest BCUT2D eigenvalue weighted by Gasteiger charge is 2.34. The lowest BCUT2D eigenvalue weighted by Crippen LogP contribution is -2.43. The van der Waals surface area contributed by atoms with Gasteiger partial charge in [0.1, 0.15) is 6.04 Å². The molecular formula is C23H24N4O3. The molecule has 7 heteroatoms. The summed E-state index contributed by atoms with van der Waals surface area (Å²) in [6.07, 6.45) is 2.36. The number of amides is 2. The van der Waals surface area contributed by atoms with Gasteiger partial charge in [0.2, 0.25) is 17.6 Å². The van der Waals surface area contributed by atoms with E-state index in [-0.39, 0.29) is 11.8 Å². The molecule has 0 bridgehead atoms. The number of hydrogen-bond acceptors (Lipinski definition) is 5. The lowest BCUT2D eigenvalue weighted by atomic mass is 10.1. The van der Waals surface area contributed by atoms with Crippen molar-refractivity contribution in [2.45, 2.75) is 39.2 Å². The van der Waals surface area contributed by atoms with Crippen LogP contribution in [0.4, 0.5) is 5.69 Å². The fourth-order valence-electron chi connectivity index (χ4n) is 3.72. The Bertz CT molecular complexity index is 1060. The number of carbonyl (C=O) groups is 2. The van der Waals surface area contributed by atoms with E-state index in [1.54, 1.807) is 36.1 Å². The van der Waals surface area contributed by atoms with E-state index < -0.39 is 6.04 Å². The molecule has 0 radical (unpaired) electrons. The van der Waals surface area contributed by atoms with E-state index in [0.29, 0.717) is 30.2 Å². The number of aryl methyl sites for hydroxylation is 2. The van der Waals surface area contributed by atoms with E-state index in [9.17, 15) is 9.59 Å². The van der Waals surface area contributed by atoms with Crippen LogP contribution in [0.5, 0.6) is 0 Å². The molecule has 4 rings (SSSR count). The van der Waals surface area contributed by atoms with Gasteiger partial charge in [-0.25, -0.2) is 0 Å². The lowest BCUT2D eigenvalue weighted by Gasteiger charge is -2.24. The Morgan fingerprint density at radius 2 is 2.00 bits per heavy atom. The van der Waals surface area contributed by atoms with Gasteiger partial charge in [0.15, 0.2) is 0 Å². The number of likely N-dealkylation sites (tertiary alicyclic amines) is 1. The maximum absolute atomic E-state index is 13.1. The summed E-state index contributed by atoms with van der Waals surface area (Å²) >= 11 is 0. The van der Waals surface area contributed by atoms with Crippen molar-refractivity contribution in [2.24, 2.45) is 0 Å². The fraction of sp³-hybridized carbons (Fsp3) is 0.304. The summed E-state index contributed by atoms with van der Waals surface area (Å²) in [6.45, 7) is 4.37. The summed E-state index contributed by atoms with van der Waals surface area (Å²) < 4.78 is 5.00. The summed E-state index contributed by atoms with van der Waals surface area (Å²) in [6, 6.07) is 14.4. The summed E-state index contributed by atoms with van der Waals surface area (Å²) in [4.78, 5) is 31.8. The van der Waals surface area contributed by atoms with Crippen LogP contribution in [0.25, 0.3) is 11.4 Å². The second kappa shape index (κ2) is 8.49. The first kappa shape index (κ1) is 19.8. The number of anilines is 1. The van der Waals surface area contributed by atoms with Crippen LogP contribution in [-0.4, -0.2) is 39.4 Å². The van der Waals surface area contributed by atoms with Crippen LogP contribution in [-0.2, 0) is 11.2 Å². The Kier molecular flexibility index (Phi) is 5.61. The molecular weight excluding hydrogens is 380 g/mol. The summed E-state index contributed by atoms with van der Waals surface area (Å²) in [5.41, 5.74) is 3.23. The average molecular weight is 404 g/mol. The van der Waals surface area contributed by atoms with Gasteiger partial charge in [-0.3, -0.25) is 9.59 Å². The van der Waals surface area contributed by atoms with Gasteiger partial charge >= 0.3 is 0 Å². The Morgan fingerprint density at radius 1 is 1.20 bits per heavy atom. The molecule has 1 saturated heterocycles. The highest BCUT2D eigenvalue weighted by molar-refractivity contribution is 6.01. The molecule has 0 aliphatic carbocycles. The predicted molar refractivity (Wildman–Crippen MR) is 113 cm³/mol. The summed E-state index contributed by atoms with van der Waals surface area (Å²) in [7, 11) is 0. The normalized spacial score (nSPS) is 15.9. The first-order chi connectivity index (χ1) is 14.5. The van der Waals surface area contributed by atoms with Crippen molar-refractivity contribution in [3.05, 3.63) is 65.5 Å². The maximum Gasteiger partial charge on any atom is 0.254 e. The van der Waals surface area contributed by atoms with Gasteiger partial charge in [-0.1, -0.05) is 36.3 Å². The van der Waals surface area contributed by atoms with E-state index >= 15 is 0 Å². The van der Waals surface area contributed by atoms with Gasteiger partial charge in [-0.05, 0) is 49.1 Å². The van der Waals surface area contributed by atoms with Gasteiger partial charge in [-0.2, -0.15) is 4.98 Å². The first-order valence-corrected chi connectivity index (χ1v) is 10.2. The molecule has 2 amide bonds. The van der Waals surface area contributed by atoms with Crippen LogP contribution in [0.15, 0.2) is 53.1 Å². The van der Waals surface area contributed by atoms with Crippen molar-refractivity contribution in [1.29, 1.82) is 0 Å². The van der Waals surface area contributed by atoms with E-state index in [2.05, 4.69) is 22.4 Å². The lowest BCUT2D eigenvalue weighted by molar-refractivity contribution is -0.119. The van der Waals surface area contributed by atoms with Gasteiger partial charge in [0, 0.05) is 30.3 Å². The van der Waals surface area contributed by atoms with Crippen LogP contribution in [0, 0.1) is 6.92 Å². The molecule has 1 aromatic heterocycles. The smallest absolute Gasteiger partial charge is 0.254 e. The zero-order chi connectivity index (χ0) is 21.1. The monoisotopic (exact) mass is 404 g/mol. The standard InChI is InChI=1S/C23H24N4O3/c1-3-16-6-4-7-19(14-16)25-22(28)20-8-5-13-27(20)23(29)18-11-9-17(10-12-18)21-24-15(2)30-26-21/h4,6-7,9-12,14,20H,3,5,8,13H2,1-2H3,(H,25,28). The minimum atomic E-state index is -0.470. The van der Waals surface area contributed by atoms with Crippen molar-refractivity contribution in [1.82, 2.24) is 15.0 Å². The van der Waals surface area contributed by atoms with Gasteiger partial charge in [0.05, 0.1) is 0 Å². The number of benzene rings is 2. The molecule has 2 aromatic carbocycles. The van der Waals surface area contributed by atoms with E-state index in [1.165, 1.54) is 0 Å². The molecule has 1 aliphatic rings. The number of aromatic nitrogens is 2. The van der Waals surface area contributed by atoms with Crippen LogP contribution in [0.1, 0.15) is 41.6 Å². The Balaban J connectivity index is 1.47. The first-order valence-electron chi connectivity index (χ1n) is 10.2. The van der Waals surface area contributed by atoms with Crippen LogP contribution in [0.2, 0.25) is 0 Å². The van der Waals surface area contributed by atoms with E-state index in [0.717, 1.165) is 29.7 Å². The molecule has 0 saturated carbocycles. The molecule has 1 unspecified atom stereocenters. The molecule has 0 spiro atoms. The third-order valence-corrected chi connectivity index (χ3v) is 5.34. The zero-order valence-corrected chi connectivity index (χ0v) is 17.1. The van der Waals surface area contributed by atoms with Crippen LogP contribution < -0.4 is 5.32 Å². The number of nitrogens with zero attached hydrogens (tertiary/aromatic N) is 3. The van der Waals surface area contributed by atoms with Crippen LogP contribution in [0.3, 0.4) is 0 Å². The third kappa shape index (κ3) is 4.10. The molecule has 1 aliphatic heterocycles. The Hall–Kier alpha value is -3.48. The molecule has 7 nitrogen and oxygen atoms in total. The average Bonchev–Trinajstić information content (AvgIpc) is 3.43. The van der Waals surface area contributed by atoms with Crippen LogP contribution >= 0.6 is 0 Å². The zero-order valence-electron chi connectivity index (χ0n) is 17.1. The molecule has 1 fully saturated rings. The topological polar surface area (TPSA) is 88.3 Å². The summed E-state index contributed by atoms with van der Waals surface area (Å²) in [5, 5.41) is 6.86. The van der Waals surface area contributed by atoms with Gasteiger partial charge in [-0.15, -0.1) is 0 Å². The molecule has 30 heavy (non-hydrogen) atoms. The molecule has 154 valence electrons. The maximum atomic E-state index is 13.1. The molecule has 1 N–H and O–H groups in total. The van der Waals surface area contributed by atoms with E-state index in [1.807, 2.05) is 24.3 Å². The third-order valence-electron chi connectivity index (χ3n) is 5.34. The number of carbonyl (C=O) groups excluding carboxylic acids is 2. The van der Waals surface area contributed by atoms with Crippen molar-refractivity contribution in [3.8, 4) is 11.4 Å². The second-order valence-electron chi connectivity index (χ2n) is 7.41. The fourth-order valence-corrected chi connectivity index (χ4v) is 3.72.